The predicted molar refractivity (Wildman–Crippen MR) is 151 cm³/mol. The lowest BCUT2D eigenvalue weighted by Gasteiger charge is -2.01. The molecule has 0 aromatic rings. The molecule has 0 spiro atoms. The largest absolute Gasteiger partial charge is 0.466 e. The summed E-state index contributed by atoms with van der Waals surface area (Å²) >= 11 is 0. The van der Waals surface area contributed by atoms with Gasteiger partial charge in [-0.3, -0.25) is 0 Å². The molecule has 0 atom stereocenters. The summed E-state index contributed by atoms with van der Waals surface area (Å²) in [5.74, 6) is 0. The molecule has 0 aliphatic rings. The van der Waals surface area contributed by atoms with Gasteiger partial charge in [-0.25, -0.2) is 27.4 Å². The molecule has 0 aliphatic carbocycles. The molecule has 44 heavy (non-hydrogen) atoms. The third-order valence-electron chi connectivity index (χ3n) is 2.81. The molecule has 0 unspecified atom stereocenters. The van der Waals surface area contributed by atoms with Crippen LogP contribution in [-0.2, 0) is 27.4 Å². The van der Waals surface area contributed by atoms with E-state index in [9.17, 15) is 0 Å². The van der Waals surface area contributed by atoms with Gasteiger partial charge in [0.15, 0.2) is 0 Å². The van der Waals surface area contributed by atoms with Gasteiger partial charge in [-0.15, -0.1) is 0 Å². The molecule has 0 radical (unpaired) electrons. The second-order valence-electron chi connectivity index (χ2n) is 7.40. The fraction of sp³-hybridized carbons (Fsp3) is 1.00. The van der Waals surface area contributed by atoms with Crippen molar-refractivity contribution in [3.8, 4) is 0 Å². The first-order valence-corrected chi connectivity index (χ1v) is 20.7. The van der Waals surface area contributed by atoms with Crippen LogP contribution in [0.2, 0.25) is 0 Å². The summed E-state index contributed by atoms with van der Waals surface area (Å²) in [5, 5.41) is 0. The van der Waals surface area contributed by atoms with Gasteiger partial charge in [-0.05, 0) is 13.0 Å². The molecule has 25 nitrogen and oxygen atoms in total. The molecule has 278 valence electrons. The SMILES string of the molecule is CCCCCCCCCCCCCN.O=P(O)(O)O.O=P(O)(O)O.O=P(O)(O)O.O=P(O)(O)O.O=P(O)(O)O.O=P(O)(O)O. The van der Waals surface area contributed by atoms with Gasteiger partial charge in [0.2, 0.25) is 0 Å². The van der Waals surface area contributed by atoms with E-state index in [-0.39, 0.29) is 0 Å². The molecular weight excluding hydrogens is 740 g/mol. The number of rotatable bonds is 11. The van der Waals surface area contributed by atoms with Crippen molar-refractivity contribution in [3.05, 3.63) is 0 Å². The van der Waals surface area contributed by atoms with Crippen LogP contribution in [0, 0.1) is 0 Å². The Morgan fingerprint density at radius 3 is 0.545 bits per heavy atom. The van der Waals surface area contributed by atoms with Gasteiger partial charge < -0.3 is 93.8 Å². The molecule has 0 saturated carbocycles. The first-order chi connectivity index (χ1) is 18.9. The Bertz CT molecular complexity index is 666. The van der Waals surface area contributed by atoms with Crippen molar-refractivity contribution in [2.24, 2.45) is 5.73 Å². The molecule has 0 amide bonds. The summed E-state index contributed by atoms with van der Waals surface area (Å²) in [7, 11) is -27.8. The lowest BCUT2D eigenvalue weighted by atomic mass is 10.1. The van der Waals surface area contributed by atoms with Crippen LogP contribution in [0.25, 0.3) is 0 Å². The van der Waals surface area contributed by atoms with Gasteiger partial charge >= 0.3 is 46.9 Å². The van der Waals surface area contributed by atoms with Crippen molar-refractivity contribution in [1.29, 1.82) is 0 Å². The van der Waals surface area contributed by atoms with Crippen molar-refractivity contribution in [2.75, 3.05) is 6.54 Å². The Kier molecular flexibility index (Phi) is 45.7. The maximum Gasteiger partial charge on any atom is 0.466 e. The smallest absolute Gasteiger partial charge is 0.330 e. The Balaban J connectivity index is -0.0000000776. The van der Waals surface area contributed by atoms with Crippen LogP contribution < -0.4 is 5.73 Å². The van der Waals surface area contributed by atoms with Crippen molar-refractivity contribution in [1.82, 2.24) is 0 Å². The number of hydrogen-bond donors (Lipinski definition) is 19. The number of unbranched alkanes of at least 4 members (excludes halogenated alkanes) is 10. The Hall–Kier alpha value is 0.620. The van der Waals surface area contributed by atoms with E-state index in [1.54, 1.807) is 0 Å². The molecular formula is C13H47NO24P6. The third-order valence-corrected chi connectivity index (χ3v) is 2.81. The highest BCUT2D eigenvalue weighted by Gasteiger charge is 2.02. The summed E-state index contributed by atoms with van der Waals surface area (Å²) < 4.78 is 53.3. The molecule has 0 aromatic carbocycles. The maximum absolute atomic E-state index is 8.88. The molecule has 31 heteroatoms. The Morgan fingerprint density at radius 1 is 0.318 bits per heavy atom. The van der Waals surface area contributed by atoms with Gasteiger partial charge in [-0.1, -0.05) is 71.1 Å². The van der Waals surface area contributed by atoms with Crippen molar-refractivity contribution < 1.29 is 115 Å². The summed E-state index contributed by atoms with van der Waals surface area (Å²) in [5.41, 5.74) is 5.44. The average Bonchev–Trinajstić information content (AvgIpc) is 2.61. The van der Waals surface area contributed by atoms with Gasteiger partial charge in [0.05, 0.1) is 0 Å². The van der Waals surface area contributed by atoms with Crippen LogP contribution in [0.15, 0.2) is 0 Å². The molecule has 20 N–H and O–H groups in total. The van der Waals surface area contributed by atoms with Gasteiger partial charge in [0.1, 0.15) is 0 Å². The quantitative estimate of drug-likeness (QED) is 0.0853. The normalized spacial score (nSPS) is 11.5. The lowest BCUT2D eigenvalue weighted by molar-refractivity contribution is 0.272. The summed E-state index contributed by atoms with van der Waals surface area (Å²) in [6.07, 6.45) is 15.4. The zero-order chi connectivity index (χ0) is 37.5. The molecule has 0 fully saturated rings. The van der Waals surface area contributed by atoms with Crippen LogP contribution in [-0.4, -0.2) is 94.6 Å². The Morgan fingerprint density at radius 2 is 0.432 bits per heavy atom. The first kappa shape index (κ1) is 60.0. The summed E-state index contributed by atoms with van der Waals surface area (Å²) in [6.45, 7) is 3.15. The minimum atomic E-state index is -4.64. The van der Waals surface area contributed by atoms with E-state index in [1.807, 2.05) is 0 Å². The molecule has 0 heterocycles. The van der Waals surface area contributed by atoms with E-state index in [1.165, 1.54) is 70.6 Å². The molecule has 0 bridgehead atoms. The van der Waals surface area contributed by atoms with Crippen LogP contribution in [0.4, 0.5) is 0 Å². The monoisotopic (exact) mass is 787 g/mol. The van der Waals surface area contributed by atoms with Gasteiger partial charge in [0.25, 0.3) is 0 Å². The average molecular weight is 787 g/mol. The standard InChI is InChI=1S/C13H29N.6H3O4P/c1-2-3-4-5-6-7-8-9-10-11-12-13-14;6*1-5(2,3)4/h2-14H2,1H3;6*(H3,1,2,3,4). The molecule has 0 rings (SSSR count). The maximum atomic E-state index is 8.88. The fourth-order valence-electron chi connectivity index (χ4n) is 1.81. The molecule has 0 aromatic heterocycles. The van der Waals surface area contributed by atoms with Crippen LogP contribution in [0.3, 0.4) is 0 Å². The number of nitrogens with two attached hydrogens (primary N) is 1. The van der Waals surface area contributed by atoms with E-state index in [0.717, 1.165) is 6.54 Å². The zero-order valence-corrected chi connectivity index (χ0v) is 28.6. The van der Waals surface area contributed by atoms with Crippen molar-refractivity contribution in [2.45, 2.75) is 77.6 Å². The summed E-state index contributed by atoms with van der Waals surface area (Å²) in [4.78, 5) is 129. The van der Waals surface area contributed by atoms with Gasteiger partial charge in [-0.2, -0.15) is 0 Å². The van der Waals surface area contributed by atoms with E-state index in [4.69, 9.17) is 121 Å². The highest BCUT2D eigenvalue weighted by molar-refractivity contribution is 7.46. The van der Waals surface area contributed by atoms with Gasteiger partial charge in [0, 0.05) is 0 Å². The van der Waals surface area contributed by atoms with Crippen LogP contribution in [0.5, 0.6) is 0 Å². The second-order valence-corrected chi connectivity index (χ2v) is 13.6. The van der Waals surface area contributed by atoms with Crippen molar-refractivity contribution >= 4 is 46.9 Å². The van der Waals surface area contributed by atoms with Crippen LogP contribution >= 0.6 is 46.9 Å². The second kappa shape index (κ2) is 33.5. The fourth-order valence-corrected chi connectivity index (χ4v) is 1.81. The van der Waals surface area contributed by atoms with E-state index in [2.05, 4.69) is 6.92 Å². The number of phosphoric acid groups is 6. The predicted octanol–water partition coefficient (Wildman–Crippen LogP) is -1.32. The lowest BCUT2D eigenvalue weighted by Crippen LogP contribution is -1.97. The van der Waals surface area contributed by atoms with Crippen molar-refractivity contribution in [3.63, 3.8) is 0 Å². The zero-order valence-electron chi connectivity index (χ0n) is 23.2. The highest BCUT2D eigenvalue weighted by Crippen LogP contribution is 2.27. The topological polar surface area (TPSA) is 493 Å². The molecule has 0 saturated heterocycles. The first-order valence-electron chi connectivity index (χ1n) is 11.3. The minimum absolute atomic E-state index is 0.872. The summed E-state index contributed by atoms with van der Waals surface area (Å²) in [6, 6.07) is 0. The van der Waals surface area contributed by atoms with Crippen LogP contribution in [0.1, 0.15) is 77.6 Å². The van der Waals surface area contributed by atoms with E-state index in [0.29, 0.717) is 0 Å². The number of hydrogen-bond acceptors (Lipinski definition) is 7. The highest BCUT2D eigenvalue weighted by atomic mass is 31.2. The minimum Gasteiger partial charge on any atom is -0.330 e. The van der Waals surface area contributed by atoms with E-state index < -0.39 is 46.9 Å². The molecule has 0 aliphatic heterocycles. The Labute approximate surface area is 252 Å². The third kappa shape index (κ3) is 547. The van der Waals surface area contributed by atoms with E-state index >= 15 is 0 Å².